The van der Waals surface area contributed by atoms with Crippen LogP contribution in [0.2, 0.25) is 0 Å². The Morgan fingerprint density at radius 2 is 1.69 bits per heavy atom. The average molecular weight is 542 g/mol. The van der Waals surface area contributed by atoms with Crippen molar-refractivity contribution in [1.82, 2.24) is 19.8 Å². The van der Waals surface area contributed by atoms with Gasteiger partial charge in [0.1, 0.15) is 17.5 Å². The van der Waals surface area contributed by atoms with Crippen LogP contribution in [0.3, 0.4) is 0 Å². The number of nitrogens with zero attached hydrogens (tertiary/aromatic N) is 6. The largest absolute Gasteiger partial charge is 0.480 e. The number of aliphatic carboxylic acids is 1. The first kappa shape index (κ1) is 29.5. The van der Waals surface area contributed by atoms with E-state index in [-0.39, 0.29) is 24.4 Å². The fourth-order valence-corrected chi connectivity index (χ4v) is 4.34. The molecule has 1 saturated heterocycles. The number of carboxylic acid groups (broad SMARTS) is 1. The van der Waals surface area contributed by atoms with Gasteiger partial charge in [-0.1, -0.05) is 12.1 Å². The maximum absolute atomic E-state index is 12.9. The SMILES string of the molecule is CCN(CC)c1ncc(N(CC)C(=O)N(C)C)c(N[C@@H](Cc2ccc(OC(=O)N3CCCC3)cc2)C(=O)O)n1. The van der Waals surface area contributed by atoms with Crippen LogP contribution < -0.4 is 19.9 Å². The zero-order chi connectivity index (χ0) is 28.5. The first-order valence-electron chi connectivity index (χ1n) is 13.3. The number of anilines is 3. The summed E-state index contributed by atoms with van der Waals surface area (Å²) in [6.07, 6.45) is 3.26. The van der Waals surface area contributed by atoms with Crippen LogP contribution in [0.15, 0.2) is 30.5 Å². The number of rotatable bonds is 11. The molecule has 0 spiro atoms. The molecule has 1 aliphatic heterocycles. The molecular weight excluding hydrogens is 502 g/mol. The highest BCUT2D eigenvalue weighted by molar-refractivity contribution is 5.95. The van der Waals surface area contributed by atoms with Crippen molar-refractivity contribution in [2.75, 3.05) is 61.9 Å². The second-order valence-corrected chi connectivity index (χ2v) is 9.44. The quantitative estimate of drug-likeness (QED) is 0.438. The minimum atomic E-state index is -1.07. The lowest BCUT2D eigenvalue weighted by Crippen LogP contribution is -2.40. The molecule has 1 atom stereocenters. The van der Waals surface area contributed by atoms with E-state index in [0.717, 1.165) is 18.4 Å². The Morgan fingerprint density at radius 3 is 2.23 bits per heavy atom. The highest BCUT2D eigenvalue weighted by Gasteiger charge is 2.26. The molecule has 3 amide bonds. The third kappa shape index (κ3) is 7.49. The molecule has 1 fully saturated rings. The molecule has 1 aliphatic rings. The molecular formula is C27H39N7O5. The van der Waals surface area contributed by atoms with Crippen LogP contribution in [0, 0.1) is 0 Å². The third-order valence-corrected chi connectivity index (χ3v) is 6.57. The van der Waals surface area contributed by atoms with Gasteiger partial charge in [-0.05, 0) is 51.3 Å². The van der Waals surface area contributed by atoms with E-state index in [4.69, 9.17) is 4.74 Å². The maximum atomic E-state index is 12.9. The van der Waals surface area contributed by atoms with Gasteiger partial charge < -0.3 is 29.9 Å². The Morgan fingerprint density at radius 1 is 1.05 bits per heavy atom. The fourth-order valence-electron chi connectivity index (χ4n) is 4.34. The van der Waals surface area contributed by atoms with Gasteiger partial charge in [-0.2, -0.15) is 4.98 Å². The van der Waals surface area contributed by atoms with Crippen LogP contribution in [-0.2, 0) is 11.2 Å². The van der Waals surface area contributed by atoms with E-state index in [1.54, 1.807) is 49.5 Å². The first-order chi connectivity index (χ1) is 18.7. The number of ether oxygens (including phenoxy) is 1. The minimum absolute atomic E-state index is 0.132. The molecule has 39 heavy (non-hydrogen) atoms. The van der Waals surface area contributed by atoms with Gasteiger partial charge in [-0.25, -0.2) is 19.4 Å². The molecule has 1 aromatic carbocycles. The third-order valence-electron chi connectivity index (χ3n) is 6.57. The number of aromatic nitrogens is 2. The predicted octanol–water partition coefficient (Wildman–Crippen LogP) is 3.53. The highest BCUT2D eigenvalue weighted by atomic mass is 16.6. The Bertz CT molecular complexity index is 1130. The molecule has 3 rings (SSSR count). The van der Waals surface area contributed by atoms with Gasteiger partial charge in [-0.15, -0.1) is 0 Å². The number of benzene rings is 1. The lowest BCUT2D eigenvalue weighted by molar-refractivity contribution is -0.137. The molecule has 212 valence electrons. The van der Waals surface area contributed by atoms with Crippen molar-refractivity contribution in [3.05, 3.63) is 36.0 Å². The van der Waals surface area contributed by atoms with E-state index < -0.39 is 12.0 Å². The zero-order valence-corrected chi connectivity index (χ0v) is 23.4. The van der Waals surface area contributed by atoms with Crippen LogP contribution in [0.1, 0.15) is 39.2 Å². The minimum Gasteiger partial charge on any atom is -0.480 e. The molecule has 1 aromatic heterocycles. The standard InChI is InChI=1S/C27H39N7O5/c1-6-32(7-2)25-28-18-22(34(8-3)26(37)31(4)5)23(30-25)29-21(24(35)36)17-19-11-13-20(14-12-19)39-27(38)33-15-9-10-16-33/h11-14,18,21H,6-10,15-17H2,1-5H3,(H,35,36)(H,28,29,30)/t21-/m0/s1. The number of carbonyl (C=O) groups excluding carboxylic acids is 2. The monoisotopic (exact) mass is 541 g/mol. The second kappa shape index (κ2) is 13.6. The van der Waals surface area contributed by atoms with Crippen LogP contribution in [0.5, 0.6) is 5.75 Å². The van der Waals surface area contributed by atoms with Gasteiger partial charge in [0.05, 0.1) is 6.20 Å². The predicted molar refractivity (Wildman–Crippen MR) is 150 cm³/mol. The zero-order valence-electron chi connectivity index (χ0n) is 23.4. The molecule has 0 saturated carbocycles. The van der Waals surface area contributed by atoms with Gasteiger partial charge >= 0.3 is 18.1 Å². The van der Waals surface area contributed by atoms with E-state index in [1.165, 1.54) is 9.80 Å². The molecule has 0 radical (unpaired) electrons. The smallest absolute Gasteiger partial charge is 0.415 e. The van der Waals surface area contributed by atoms with E-state index in [9.17, 15) is 19.5 Å². The summed E-state index contributed by atoms with van der Waals surface area (Å²) in [6.45, 7) is 8.85. The van der Waals surface area contributed by atoms with Crippen molar-refractivity contribution in [2.45, 2.75) is 46.1 Å². The van der Waals surface area contributed by atoms with Gasteiger partial charge in [-0.3, -0.25) is 4.90 Å². The lowest BCUT2D eigenvalue weighted by atomic mass is 10.1. The molecule has 12 heteroatoms. The Balaban J connectivity index is 1.85. The topological polar surface area (TPSA) is 131 Å². The maximum Gasteiger partial charge on any atom is 0.415 e. The van der Waals surface area contributed by atoms with E-state index in [1.807, 2.05) is 25.7 Å². The van der Waals surface area contributed by atoms with Crippen LogP contribution in [0.25, 0.3) is 0 Å². The molecule has 2 heterocycles. The van der Waals surface area contributed by atoms with Gasteiger partial charge in [0, 0.05) is 53.2 Å². The average Bonchev–Trinajstić information content (AvgIpc) is 3.46. The number of carbonyl (C=O) groups is 3. The summed E-state index contributed by atoms with van der Waals surface area (Å²) < 4.78 is 5.45. The number of carboxylic acids is 1. The van der Waals surface area contributed by atoms with Crippen molar-refractivity contribution >= 4 is 35.5 Å². The summed E-state index contributed by atoms with van der Waals surface area (Å²) in [4.78, 5) is 53.1. The van der Waals surface area contributed by atoms with E-state index in [2.05, 4.69) is 15.3 Å². The number of hydrogen-bond acceptors (Lipinski definition) is 8. The number of hydrogen-bond donors (Lipinski definition) is 2. The van der Waals surface area contributed by atoms with E-state index in [0.29, 0.717) is 50.1 Å². The molecule has 2 N–H and O–H groups in total. The fraction of sp³-hybridized carbons (Fsp3) is 0.519. The Labute approximate surface area is 229 Å². The summed E-state index contributed by atoms with van der Waals surface area (Å²) in [6, 6.07) is 5.47. The van der Waals surface area contributed by atoms with Crippen LogP contribution in [-0.4, -0.2) is 95.8 Å². The molecule has 12 nitrogen and oxygen atoms in total. The first-order valence-corrected chi connectivity index (χ1v) is 13.3. The van der Waals surface area contributed by atoms with Crippen molar-refractivity contribution in [3.63, 3.8) is 0 Å². The lowest BCUT2D eigenvalue weighted by Gasteiger charge is -2.28. The molecule has 0 bridgehead atoms. The summed E-state index contributed by atoms with van der Waals surface area (Å²) in [7, 11) is 3.30. The number of nitrogens with one attached hydrogen (secondary N) is 1. The molecule has 0 aliphatic carbocycles. The number of urea groups is 1. The number of amides is 3. The summed E-state index contributed by atoms with van der Waals surface area (Å²) in [5.74, 6) is 0.0223. The van der Waals surface area contributed by atoms with Crippen molar-refractivity contribution < 1.29 is 24.2 Å². The van der Waals surface area contributed by atoms with Gasteiger partial charge in [0.25, 0.3) is 0 Å². The van der Waals surface area contributed by atoms with Gasteiger partial charge in [0.2, 0.25) is 5.95 Å². The van der Waals surface area contributed by atoms with Crippen molar-refractivity contribution in [1.29, 1.82) is 0 Å². The Kier molecular flexibility index (Phi) is 10.3. The summed E-state index contributed by atoms with van der Waals surface area (Å²) >= 11 is 0. The normalized spacial score (nSPS) is 13.5. The summed E-state index contributed by atoms with van der Waals surface area (Å²) in [5.41, 5.74) is 1.12. The van der Waals surface area contributed by atoms with Crippen LogP contribution in [0.4, 0.5) is 27.0 Å². The molecule has 2 aromatic rings. The Hall–Kier alpha value is -4.09. The van der Waals surface area contributed by atoms with Gasteiger partial charge in [0.15, 0.2) is 5.82 Å². The van der Waals surface area contributed by atoms with Crippen LogP contribution >= 0.6 is 0 Å². The second-order valence-electron chi connectivity index (χ2n) is 9.44. The van der Waals surface area contributed by atoms with Crippen molar-refractivity contribution in [3.8, 4) is 5.75 Å². The summed E-state index contributed by atoms with van der Waals surface area (Å²) in [5, 5.41) is 13.1. The number of likely N-dealkylation sites (tertiary alicyclic amines) is 1. The van der Waals surface area contributed by atoms with Crippen molar-refractivity contribution in [2.24, 2.45) is 0 Å². The highest BCUT2D eigenvalue weighted by Crippen LogP contribution is 2.28. The molecule has 0 unspecified atom stereocenters. The van der Waals surface area contributed by atoms with E-state index >= 15 is 0 Å².